The number of rotatable bonds is 3. The van der Waals surface area contributed by atoms with Gasteiger partial charge in [-0.1, -0.05) is 23.7 Å². The van der Waals surface area contributed by atoms with Gasteiger partial charge >= 0.3 is 0 Å². The second-order valence-electron chi connectivity index (χ2n) is 5.12. The molecule has 1 atom stereocenters. The van der Waals surface area contributed by atoms with Gasteiger partial charge in [0.1, 0.15) is 10.7 Å². The topological polar surface area (TPSA) is 76.1 Å². The molecule has 8 heteroatoms. The zero-order valence-electron chi connectivity index (χ0n) is 11.5. The molecule has 1 amide bonds. The molecule has 0 aliphatic carbocycles. The van der Waals surface area contributed by atoms with Crippen molar-refractivity contribution in [3.8, 4) is 10.6 Å². The minimum Gasteiger partial charge on any atom is -0.347 e. The van der Waals surface area contributed by atoms with E-state index in [-0.39, 0.29) is 23.5 Å². The van der Waals surface area contributed by atoms with Gasteiger partial charge in [0.15, 0.2) is 9.84 Å². The zero-order valence-corrected chi connectivity index (χ0v) is 13.8. The standard InChI is InChI=1S/C14H13ClN2O3S2/c15-10-3-1-2-9(6-10)14-17-12(7-21-14)13(18)16-11-4-5-22(19,20)8-11/h1-3,6-7,11H,4-5,8H2,(H,16,18)/t11-/m1/s1. The summed E-state index contributed by atoms with van der Waals surface area (Å²) in [6.45, 7) is 0. The van der Waals surface area contributed by atoms with Crippen molar-refractivity contribution in [2.45, 2.75) is 12.5 Å². The molecule has 5 nitrogen and oxygen atoms in total. The van der Waals surface area contributed by atoms with Crippen molar-refractivity contribution in [2.24, 2.45) is 0 Å². The molecule has 1 aromatic heterocycles. The molecule has 3 rings (SSSR count). The van der Waals surface area contributed by atoms with Crippen LogP contribution >= 0.6 is 22.9 Å². The molecular formula is C14H13ClN2O3S2. The van der Waals surface area contributed by atoms with Gasteiger partial charge in [0, 0.05) is 22.0 Å². The number of nitrogens with zero attached hydrogens (tertiary/aromatic N) is 1. The van der Waals surface area contributed by atoms with Crippen LogP contribution in [0.5, 0.6) is 0 Å². The largest absolute Gasteiger partial charge is 0.347 e. The molecule has 22 heavy (non-hydrogen) atoms. The Morgan fingerprint density at radius 1 is 1.41 bits per heavy atom. The first-order valence-corrected chi connectivity index (χ1v) is 9.74. The van der Waals surface area contributed by atoms with Crippen LogP contribution in [0.25, 0.3) is 10.6 Å². The molecule has 0 saturated carbocycles. The lowest BCUT2D eigenvalue weighted by Gasteiger charge is -2.08. The fraction of sp³-hybridized carbons (Fsp3) is 0.286. The molecule has 1 fully saturated rings. The maximum Gasteiger partial charge on any atom is 0.271 e. The highest BCUT2D eigenvalue weighted by Gasteiger charge is 2.29. The van der Waals surface area contributed by atoms with Crippen LogP contribution in [-0.4, -0.2) is 36.9 Å². The Morgan fingerprint density at radius 2 is 2.23 bits per heavy atom. The summed E-state index contributed by atoms with van der Waals surface area (Å²) >= 11 is 7.29. The van der Waals surface area contributed by atoms with Gasteiger partial charge in [-0.25, -0.2) is 13.4 Å². The summed E-state index contributed by atoms with van der Waals surface area (Å²) in [5, 5.41) is 5.70. The van der Waals surface area contributed by atoms with E-state index in [0.29, 0.717) is 22.1 Å². The van der Waals surface area contributed by atoms with Crippen molar-refractivity contribution >= 4 is 38.7 Å². The number of nitrogens with one attached hydrogen (secondary N) is 1. The van der Waals surface area contributed by atoms with E-state index in [1.165, 1.54) is 11.3 Å². The van der Waals surface area contributed by atoms with Crippen LogP contribution in [0.4, 0.5) is 0 Å². The van der Waals surface area contributed by atoms with Crippen LogP contribution in [0.2, 0.25) is 5.02 Å². The van der Waals surface area contributed by atoms with Crippen LogP contribution < -0.4 is 5.32 Å². The Kier molecular flexibility index (Phi) is 4.20. The van der Waals surface area contributed by atoms with Crippen molar-refractivity contribution in [2.75, 3.05) is 11.5 Å². The van der Waals surface area contributed by atoms with E-state index in [2.05, 4.69) is 10.3 Å². The first kappa shape index (κ1) is 15.5. The lowest BCUT2D eigenvalue weighted by molar-refractivity contribution is 0.0937. The Bertz CT molecular complexity index is 817. The van der Waals surface area contributed by atoms with E-state index in [4.69, 9.17) is 11.6 Å². The van der Waals surface area contributed by atoms with Gasteiger partial charge < -0.3 is 5.32 Å². The Morgan fingerprint density at radius 3 is 2.91 bits per heavy atom. The minimum atomic E-state index is -3.01. The highest BCUT2D eigenvalue weighted by atomic mass is 35.5. The van der Waals surface area contributed by atoms with Gasteiger partial charge in [0.2, 0.25) is 0 Å². The second-order valence-corrected chi connectivity index (χ2v) is 8.64. The maximum absolute atomic E-state index is 12.1. The van der Waals surface area contributed by atoms with Gasteiger partial charge in [0.25, 0.3) is 5.91 Å². The molecule has 0 radical (unpaired) electrons. The molecule has 116 valence electrons. The Hall–Kier alpha value is -1.44. The summed E-state index contributed by atoms with van der Waals surface area (Å²) in [6.07, 6.45) is 0.458. The van der Waals surface area contributed by atoms with E-state index in [0.717, 1.165) is 5.56 Å². The molecule has 0 spiro atoms. The second kappa shape index (κ2) is 5.98. The average molecular weight is 357 g/mol. The van der Waals surface area contributed by atoms with E-state index in [1.54, 1.807) is 17.5 Å². The molecule has 0 bridgehead atoms. The fourth-order valence-corrected chi connectivity index (χ4v) is 4.96. The highest BCUT2D eigenvalue weighted by molar-refractivity contribution is 7.91. The molecule has 2 aromatic rings. The Labute approximate surface area is 137 Å². The number of hydrogen-bond acceptors (Lipinski definition) is 5. The molecule has 1 aliphatic rings. The van der Waals surface area contributed by atoms with Crippen molar-refractivity contribution < 1.29 is 13.2 Å². The van der Waals surface area contributed by atoms with Crippen LogP contribution in [-0.2, 0) is 9.84 Å². The molecule has 2 heterocycles. The summed E-state index contributed by atoms with van der Waals surface area (Å²) < 4.78 is 22.8. The SMILES string of the molecule is O=C(N[C@@H]1CCS(=O)(=O)C1)c1csc(-c2cccc(Cl)c2)n1. The Balaban J connectivity index is 1.72. The number of sulfone groups is 1. The summed E-state index contributed by atoms with van der Waals surface area (Å²) in [5.41, 5.74) is 1.14. The third-order valence-corrected chi connectivity index (χ3v) is 6.27. The molecular weight excluding hydrogens is 344 g/mol. The number of aromatic nitrogens is 1. The van der Waals surface area contributed by atoms with Crippen molar-refractivity contribution in [3.05, 3.63) is 40.4 Å². The number of thiazole rings is 1. The predicted molar refractivity (Wildman–Crippen MR) is 87.1 cm³/mol. The molecule has 1 aliphatic heterocycles. The van der Waals surface area contributed by atoms with E-state index >= 15 is 0 Å². The summed E-state index contributed by atoms with van der Waals surface area (Å²) in [5.74, 6) is -0.209. The number of carbonyl (C=O) groups is 1. The first-order chi connectivity index (χ1) is 10.4. The van der Waals surface area contributed by atoms with Crippen LogP contribution in [0.1, 0.15) is 16.9 Å². The number of amides is 1. The number of halogens is 1. The van der Waals surface area contributed by atoms with Crippen LogP contribution in [0, 0.1) is 0 Å². The molecule has 1 saturated heterocycles. The van der Waals surface area contributed by atoms with Gasteiger partial charge in [-0.3, -0.25) is 4.79 Å². The number of carbonyl (C=O) groups excluding carboxylic acids is 1. The lowest BCUT2D eigenvalue weighted by atomic mass is 10.2. The average Bonchev–Trinajstić information content (AvgIpc) is 3.06. The quantitative estimate of drug-likeness (QED) is 0.916. The fourth-order valence-electron chi connectivity index (χ4n) is 2.30. The van der Waals surface area contributed by atoms with Crippen LogP contribution in [0.15, 0.2) is 29.6 Å². The van der Waals surface area contributed by atoms with Gasteiger partial charge in [-0.2, -0.15) is 0 Å². The first-order valence-electron chi connectivity index (χ1n) is 6.66. The summed E-state index contributed by atoms with van der Waals surface area (Å²) in [6, 6.07) is 6.92. The monoisotopic (exact) mass is 356 g/mol. The van der Waals surface area contributed by atoms with Gasteiger partial charge in [-0.15, -0.1) is 11.3 Å². The van der Waals surface area contributed by atoms with Crippen molar-refractivity contribution in [3.63, 3.8) is 0 Å². The normalized spacial score (nSPS) is 20.0. The predicted octanol–water partition coefficient (Wildman–Crippen LogP) is 2.38. The van der Waals surface area contributed by atoms with Gasteiger partial charge in [-0.05, 0) is 18.6 Å². The zero-order chi connectivity index (χ0) is 15.7. The molecule has 0 unspecified atom stereocenters. The lowest BCUT2D eigenvalue weighted by Crippen LogP contribution is -2.35. The minimum absolute atomic E-state index is 0.00400. The summed E-state index contributed by atoms with van der Waals surface area (Å²) in [7, 11) is -3.01. The molecule has 1 aromatic carbocycles. The van der Waals surface area contributed by atoms with Crippen molar-refractivity contribution in [1.29, 1.82) is 0 Å². The third kappa shape index (κ3) is 3.48. The molecule has 1 N–H and O–H groups in total. The smallest absolute Gasteiger partial charge is 0.271 e. The van der Waals surface area contributed by atoms with Crippen molar-refractivity contribution in [1.82, 2.24) is 10.3 Å². The van der Waals surface area contributed by atoms with E-state index in [1.807, 2.05) is 12.1 Å². The van der Waals surface area contributed by atoms with E-state index in [9.17, 15) is 13.2 Å². The van der Waals surface area contributed by atoms with E-state index < -0.39 is 9.84 Å². The maximum atomic E-state index is 12.1. The van der Waals surface area contributed by atoms with Crippen LogP contribution in [0.3, 0.4) is 0 Å². The number of hydrogen-bond donors (Lipinski definition) is 1. The van der Waals surface area contributed by atoms with Gasteiger partial charge in [0.05, 0.1) is 11.5 Å². The summed E-state index contributed by atoms with van der Waals surface area (Å²) in [4.78, 5) is 16.4. The highest BCUT2D eigenvalue weighted by Crippen LogP contribution is 2.26. The third-order valence-electron chi connectivity index (χ3n) is 3.38. The number of benzene rings is 1.